The molecule has 0 spiro atoms. The summed E-state index contributed by atoms with van der Waals surface area (Å²) >= 11 is 0. The summed E-state index contributed by atoms with van der Waals surface area (Å²) in [5.74, 6) is 1.07. The minimum absolute atomic E-state index is 0.211. The average molecular weight is 240 g/mol. The Morgan fingerprint density at radius 1 is 1.24 bits per heavy atom. The summed E-state index contributed by atoms with van der Waals surface area (Å²) in [5.41, 5.74) is 0.619. The Bertz CT molecular complexity index is 231. The van der Waals surface area contributed by atoms with E-state index in [-0.39, 0.29) is 5.97 Å². The molecule has 0 rings (SSSR count). The van der Waals surface area contributed by atoms with E-state index in [4.69, 9.17) is 4.74 Å². The summed E-state index contributed by atoms with van der Waals surface area (Å²) in [7, 11) is 0. The van der Waals surface area contributed by atoms with Gasteiger partial charge in [0.05, 0.1) is 6.61 Å². The van der Waals surface area contributed by atoms with E-state index in [1.807, 2.05) is 0 Å². The number of carbonyl (C=O) groups is 1. The molecule has 1 atom stereocenters. The maximum Gasteiger partial charge on any atom is 0.333 e. The second-order valence-corrected chi connectivity index (χ2v) is 5.21. The molecule has 0 heterocycles. The lowest BCUT2D eigenvalue weighted by atomic mass is 9.92. The summed E-state index contributed by atoms with van der Waals surface area (Å²) in [4.78, 5) is 11.6. The highest BCUT2D eigenvalue weighted by atomic mass is 16.5. The topological polar surface area (TPSA) is 26.3 Å². The Hall–Kier alpha value is -0.790. The summed E-state index contributed by atoms with van der Waals surface area (Å²) in [6.45, 7) is 13.1. The van der Waals surface area contributed by atoms with Crippen LogP contribution in [0.25, 0.3) is 0 Å². The van der Waals surface area contributed by atoms with Crippen LogP contribution >= 0.6 is 0 Å². The van der Waals surface area contributed by atoms with E-state index in [1.165, 1.54) is 0 Å². The lowest BCUT2D eigenvalue weighted by molar-refractivity contribution is -0.139. The quantitative estimate of drug-likeness (QED) is 0.340. The molecule has 0 saturated heterocycles. The van der Waals surface area contributed by atoms with Gasteiger partial charge in [-0.3, -0.25) is 0 Å². The molecule has 100 valence electrons. The van der Waals surface area contributed by atoms with Crippen LogP contribution in [0.5, 0.6) is 0 Å². The van der Waals surface area contributed by atoms with E-state index in [2.05, 4.69) is 34.3 Å². The highest BCUT2D eigenvalue weighted by Crippen LogP contribution is 2.19. The molecule has 0 bridgehead atoms. The van der Waals surface area contributed by atoms with Gasteiger partial charge in [0.1, 0.15) is 0 Å². The monoisotopic (exact) mass is 240 g/mol. The Morgan fingerprint density at radius 2 is 1.88 bits per heavy atom. The first-order valence-electron chi connectivity index (χ1n) is 6.83. The van der Waals surface area contributed by atoms with Crippen LogP contribution in [-0.4, -0.2) is 12.6 Å². The molecule has 0 aliphatic carbocycles. The number of esters is 1. The minimum atomic E-state index is -0.211. The molecule has 1 unspecified atom stereocenters. The number of carbonyl (C=O) groups excluding carboxylic acids is 1. The second kappa shape index (κ2) is 9.26. The lowest BCUT2D eigenvalue weighted by Crippen LogP contribution is -2.11. The van der Waals surface area contributed by atoms with Crippen molar-refractivity contribution in [3.8, 4) is 0 Å². The van der Waals surface area contributed by atoms with E-state index in [9.17, 15) is 4.79 Å². The largest absolute Gasteiger partial charge is 0.462 e. The fraction of sp³-hybridized carbons (Fsp3) is 0.800. The second-order valence-electron chi connectivity index (χ2n) is 5.21. The molecular formula is C15H28O2. The highest BCUT2D eigenvalue weighted by molar-refractivity contribution is 5.87. The zero-order valence-corrected chi connectivity index (χ0v) is 11.9. The Morgan fingerprint density at radius 3 is 2.41 bits per heavy atom. The van der Waals surface area contributed by atoms with Crippen molar-refractivity contribution in [3.63, 3.8) is 0 Å². The van der Waals surface area contributed by atoms with Gasteiger partial charge < -0.3 is 4.74 Å². The van der Waals surface area contributed by atoms with Crippen molar-refractivity contribution in [2.45, 2.75) is 59.8 Å². The van der Waals surface area contributed by atoms with Crippen LogP contribution in [0.1, 0.15) is 59.8 Å². The predicted molar refractivity (Wildman–Crippen MR) is 72.9 cm³/mol. The van der Waals surface area contributed by atoms with Crippen molar-refractivity contribution in [2.24, 2.45) is 11.8 Å². The molecule has 0 N–H and O–H groups in total. The van der Waals surface area contributed by atoms with Gasteiger partial charge in [0.2, 0.25) is 0 Å². The first-order chi connectivity index (χ1) is 7.99. The summed E-state index contributed by atoms with van der Waals surface area (Å²) in [6.07, 6.45) is 4.99. The first kappa shape index (κ1) is 16.2. The zero-order chi connectivity index (χ0) is 13.3. The number of ether oxygens (including phenoxy) is 1. The van der Waals surface area contributed by atoms with Crippen molar-refractivity contribution in [3.05, 3.63) is 12.2 Å². The van der Waals surface area contributed by atoms with Gasteiger partial charge in [-0.15, -0.1) is 0 Å². The number of rotatable bonds is 9. The lowest BCUT2D eigenvalue weighted by Gasteiger charge is -2.15. The zero-order valence-electron chi connectivity index (χ0n) is 11.9. The third-order valence-electron chi connectivity index (χ3n) is 3.31. The molecule has 0 radical (unpaired) electrons. The van der Waals surface area contributed by atoms with Gasteiger partial charge in [-0.2, -0.15) is 0 Å². The normalized spacial score (nSPS) is 12.5. The van der Waals surface area contributed by atoms with Gasteiger partial charge in [0.25, 0.3) is 0 Å². The molecule has 0 amide bonds. The van der Waals surface area contributed by atoms with Gasteiger partial charge >= 0.3 is 5.97 Å². The highest BCUT2D eigenvalue weighted by Gasteiger charge is 2.12. The van der Waals surface area contributed by atoms with Crippen LogP contribution in [-0.2, 0) is 9.53 Å². The van der Waals surface area contributed by atoms with E-state index >= 15 is 0 Å². The summed E-state index contributed by atoms with van der Waals surface area (Å²) < 4.78 is 5.16. The third-order valence-corrected chi connectivity index (χ3v) is 3.31. The van der Waals surface area contributed by atoms with Gasteiger partial charge in [-0.25, -0.2) is 4.79 Å². The molecule has 0 aromatic rings. The van der Waals surface area contributed by atoms with Gasteiger partial charge in [-0.1, -0.05) is 47.1 Å². The maximum absolute atomic E-state index is 11.6. The molecule has 0 saturated carbocycles. The maximum atomic E-state index is 11.6. The van der Waals surface area contributed by atoms with E-state index in [0.29, 0.717) is 24.0 Å². The van der Waals surface area contributed by atoms with Crippen molar-refractivity contribution in [1.29, 1.82) is 0 Å². The van der Waals surface area contributed by atoms with Crippen LogP contribution < -0.4 is 0 Å². The molecule has 17 heavy (non-hydrogen) atoms. The van der Waals surface area contributed by atoms with E-state index < -0.39 is 0 Å². The Kier molecular flexibility index (Phi) is 8.83. The molecular weight excluding hydrogens is 212 g/mol. The SMILES string of the molecule is C=C(CCC(C)C(C)C)C(=O)OCCCCC. The van der Waals surface area contributed by atoms with Gasteiger partial charge in [-0.05, 0) is 31.1 Å². The fourth-order valence-corrected chi connectivity index (χ4v) is 1.46. The molecule has 2 nitrogen and oxygen atoms in total. The molecule has 0 aliphatic rings. The van der Waals surface area contributed by atoms with E-state index in [1.54, 1.807) is 0 Å². The molecule has 2 heteroatoms. The molecule has 0 aromatic carbocycles. The number of hydrogen-bond acceptors (Lipinski definition) is 2. The van der Waals surface area contributed by atoms with Crippen LogP contribution in [0.15, 0.2) is 12.2 Å². The van der Waals surface area contributed by atoms with Crippen LogP contribution in [0.2, 0.25) is 0 Å². The fourth-order valence-electron chi connectivity index (χ4n) is 1.46. The van der Waals surface area contributed by atoms with Crippen LogP contribution in [0.3, 0.4) is 0 Å². The van der Waals surface area contributed by atoms with Gasteiger partial charge in [0, 0.05) is 5.57 Å². The number of unbranched alkanes of at least 4 members (excludes halogenated alkanes) is 2. The van der Waals surface area contributed by atoms with E-state index in [0.717, 1.165) is 32.1 Å². The van der Waals surface area contributed by atoms with Crippen LogP contribution in [0, 0.1) is 11.8 Å². The Labute approximate surface area is 106 Å². The summed E-state index contributed by atoms with van der Waals surface area (Å²) in [5, 5.41) is 0. The number of hydrogen-bond donors (Lipinski definition) is 0. The molecule has 0 fully saturated rings. The van der Waals surface area contributed by atoms with Crippen molar-refractivity contribution < 1.29 is 9.53 Å². The first-order valence-corrected chi connectivity index (χ1v) is 6.83. The predicted octanol–water partition coefficient (Wildman–Crippen LogP) is 4.35. The summed E-state index contributed by atoms with van der Waals surface area (Å²) in [6, 6.07) is 0. The third kappa shape index (κ3) is 8.00. The van der Waals surface area contributed by atoms with Crippen molar-refractivity contribution in [2.75, 3.05) is 6.61 Å². The van der Waals surface area contributed by atoms with Crippen LogP contribution in [0.4, 0.5) is 0 Å². The van der Waals surface area contributed by atoms with Gasteiger partial charge in [0.15, 0.2) is 0 Å². The van der Waals surface area contributed by atoms with Crippen molar-refractivity contribution in [1.82, 2.24) is 0 Å². The minimum Gasteiger partial charge on any atom is -0.462 e. The average Bonchev–Trinajstić information content (AvgIpc) is 2.30. The smallest absolute Gasteiger partial charge is 0.333 e. The molecule has 0 aromatic heterocycles. The van der Waals surface area contributed by atoms with Crippen molar-refractivity contribution >= 4 is 5.97 Å². The molecule has 0 aliphatic heterocycles. The standard InChI is InChI=1S/C15H28O2/c1-6-7-8-11-17-15(16)14(5)10-9-13(4)12(2)3/h12-13H,5-11H2,1-4H3. The Balaban J connectivity index is 3.71.